The zero-order valence-electron chi connectivity index (χ0n) is 38.8. The van der Waals surface area contributed by atoms with Crippen LogP contribution in [0.1, 0.15) is 134 Å². The van der Waals surface area contributed by atoms with Gasteiger partial charge in [0.25, 0.3) is 0 Å². The van der Waals surface area contributed by atoms with Crippen LogP contribution in [0.3, 0.4) is 0 Å². The maximum atomic E-state index is 13.4. The number of methoxy groups -OCH3 is 1. The van der Waals surface area contributed by atoms with Crippen LogP contribution < -0.4 is 0 Å². The molecule has 6 aliphatic rings. The molecule has 14 nitrogen and oxygen atoms in total. The first-order valence-electron chi connectivity index (χ1n) is 23.2. The van der Waals surface area contributed by atoms with Gasteiger partial charge in [0, 0.05) is 61.9 Å². The number of ether oxygens (including phenoxy) is 8. The Morgan fingerprint density at radius 3 is 2.23 bits per heavy atom. The minimum absolute atomic E-state index is 0.0248. The number of rotatable bonds is 13. The van der Waals surface area contributed by atoms with Crippen molar-refractivity contribution in [2.45, 2.75) is 212 Å². The first-order chi connectivity index (χ1) is 28.5. The van der Waals surface area contributed by atoms with Crippen molar-refractivity contribution in [2.75, 3.05) is 13.7 Å². The third kappa shape index (κ3) is 9.57. The first-order valence-corrected chi connectivity index (χ1v) is 23.2. The summed E-state index contributed by atoms with van der Waals surface area (Å²) < 4.78 is 54.1. The highest BCUT2D eigenvalue weighted by Gasteiger charge is 2.66. The molecular formula is C47H78O14. The molecule has 2 spiro atoms. The lowest BCUT2D eigenvalue weighted by atomic mass is 9.77. The molecule has 350 valence electrons. The number of hydrogen-bond acceptors (Lipinski definition) is 13. The Labute approximate surface area is 363 Å². The number of aliphatic carboxylic acids is 1. The van der Waals surface area contributed by atoms with Crippen LogP contribution in [0, 0.1) is 47.3 Å². The van der Waals surface area contributed by atoms with Crippen molar-refractivity contribution in [1.29, 1.82) is 0 Å². The standard InChI is InChI=1S/C47H78O14/c1-24(40(50)25(2)18-28(5)43(51)52)17-26(3)41-32(9)34(49)21-45(59-41)22-38(56-39-16-14-35(54-12)33(10)55-39)44(11,61-45)37-15-13-29(6)47(58-37)31(8)20-36(57-47)42-27(4)19-30(7)46(53,23-48)60-42/h17,25-39,41-42,48-49,53H,13-16,18-23H2,1-12H3,(H,51,52). The van der Waals surface area contributed by atoms with Crippen LogP contribution >= 0.6 is 0 Å². The molecule has 6 rings (SSSR count). The van der Waals surface area contributed by atoms with Crippen LogP contribution in [-0.2, 0) is 47.5 Å². The highest BCUT2D eigenvalue weighted by Crippen LogP contribution is 2.57. The summed E-state index contributed by atoms with van der Waals surface area (Å²) in [4.78, 5) is 24.9. The van der Waals surface area contributed by atoms with E-state index in [1.54, 1.807) is 27.9 Å². The van der Waals surface area contributed by atoms with Crippen LogP contribution in [0.5, 0.6) is 0 Å². The van der Waals surface area contributed by atoms with E-state index < -0.39 is 84.2 Å². The third-order valence-electron chi connectivity index (χ3n) is 15.8. The largest absolute Gasteiger partial charge is 0.481 e. The highest BCUT2D eigenvalue weighted by molar-refractivity contribution is 5.96. The van der Waals surface area contributed by atoms with Gasteiger partial charge in [-0.1, -0.05) is 61.5 Å². The second-order valence-corrected chi connectivity index (χ2v) is 20.6. The molecule has 0 saturated carbocycles. The molecule has 21 unspecified atom stereocenters. The van der Waals surface area contributed by atoms with E-state index in [9.17, 15) is 30.0 Å². The van der Waals surface area contributed by atoms with E-state index in [-0.39, 0.29) is 72.4 Å². The summed E-state index contributed by atoms with van der Waals surface area (Å²) in [6.45, 7) is 20.9. The second-order valence-electron chi connectivity index (χ2n) is 20.6. The van der Waals surface area contributed by atoms with E-state index in [1.807, 2.05) is 40.7 Å². The van der Waals surface area contributed by atoms with Crippen molar-refractivity contribution < 1.29 is 67.9 Å². The summed E-state index contributed by atoms with van der Waals surface area (Å²) in [6.07, 6.45) is 2.84. The molecule has 21 atom stereocenters. The number of carboxylic acid groups (broad SMARTS) is 1. The molecule has 0 radical (unpaired) electrons. The number of aliphatic hydroxyl groups excluding tert-OH is 2. The van der Waals surface area contributed by atoms with Gasteiger partial charge >= 0.3 is 5.97 Å². The van der Waals surface area contributed by atoms with E-state index >= 15 is 0 Å². The van der Waals surface area contributed by atoms with Gasteiger partial charge in [-0.15, -0.1) is 0 Å². The smallest absolute Gasteiger partial charge is 0.306 e. The predicted molar refractivity (Wildman–Crippen MR) is 224 cm³/mol. The molecule has 0 bridgehead atoms. The fraction of sp³-hybridized carbons (Fsp3) is 0.915. The number of carboxylic acids is 1. The predicted octanol–water partition coefficient (Wildman–Crippen LogP) is 6.15. The van der Waals surface area contributed by atoms with Crippen LogP contribution in [-0.4, -0.2) is 124 Å². The van der Waals surface area contributed by atoms with Crippen molar-refractivity contribution in [1.82, 2.24) is 0 Å². The molecule has 0 aromatic heterocycles. The maximum absolute atomic E-state index is 13.4. The van der Waals surface area contributed by atoms with Crippen molar-refractivity contribution in [3.05, 3.63) is 11.6 Å². The average molecular weight is 867 g/mol. The van der Waals surface area contributed by atoms with Gasteiger partial charge in [0.05, 0.1) is 61.4 Å². The van der Waals surface area contributed by atoms with Gasteiger partial charge in [-0.05, 0) is 70.8 Å². The van der Waals surface area contributed by atoms with Crippen LogP contribution in [0.2, 0.25) is 0 Å². The minimum Gasteiger partial charge on any atom is -0.481 e. The number of allylic oxidation sites excluding steroid dienone is 1. The maximum Gasteiger partial charge on any atom is 0.306 e. The number of carbonyl (C=O) groups excluding carboxylic acids is 1. The molecule has 4 N–H and O–H groups in total. The van der Waals surface area contributed by atoms with E-state index in [0.29, 0.717) is 37.7 Å². The summed E-state index contributed by atoms with van der Waals surface area (Å²) in [5.41, 5.74) is -0.548. The van der Waals surface area contributed by atoms with Gasteiger partial charge < -0.3 is 58.3 Å². The monoisotopic (exact) mass is 867 g/mol. The van der Waals surface area contributed by atoms with E-state index in [4.69, 9.17) is 37.9 Å². The molecule has 6 saturated heterocycles. The summed E-state index contributed by atoms with van der Waals surface area (Å²) >= 11 is 0. The van der Waals surface area contributed by atoms with Crippen molar-refractivity contribution in [2.24, 2.45) is 47.3 Å². The van der Waals surface area contributed by atoms with E-state index in [2.05, 4.69) is 20.8 Å². The van der Waals surface area contributed by atoms with Gasteiger partial charge in [0.15, 0.2) is 29.4 Å². The number of hydrogen-bond donors (Lipinski definition) is 4. The summed E-state index contributed by atoms with van der Waals surface area (Å²) in [5.74, 6) is -6.78. The topological polar surface area (TPSA) is 189 Å². The average Bonchev–Trinajstić information content (AvgIpc) is 3.67. The molecule has 0 amide bonds. The Morgan fingerprint density at radius 2 is 1.59 bits per heavy atom. The molecule has 0 aromatic carbocycles. The van der Waals surface area contributed by atoms with Gasteiger partial charge in [-0.3, -0.25) is 9.59 Å². The second kappa shape index (κ2) is 18.7. The molecule has 61 heavy (non-hydrogen) atoms. The van der Waals surface area contributed by atoms with Crippen molar-refractivity contribution in [3.63, 3.8) is 0 Å². The number of carbonyl (C=O) groups is 2. The van der Waals surface area contributed by atoms with Crippen LogP contribution in [0.15, 0.2) is 11.6 Å². The molecule has 0 aliphatic carbocycles. The summed E-state index contributed by atoms with van der Waals surface area (Å²) in [7, 11) is 1.69. The van der Waals surface area contributed by atoms with Crippen molar-refractivity contribution >= 4 is 11.8 Å². The highest BCUT2D eigenvalue weighted by atomic mass is 16.8. The molecular weight excluding hydrogens is 789 g/mol. The molecule has 0 aromatic rings. The fourth-order valence-electron chi connectivity index (χ4n) is 11.8. The van der Waals surface area contributed by atoms with E-state index in [1.165, 1.54) is 0 Å². The van der Waals surface area contributed by atoms with Gasteiger partial charge in [0.1, 0.15) is 5.60 Å². The Morgan fingerprint density at radius 1 is 0.885 bits per heavy atom. The van der Waals surface area contributed by atoms with Crippen LogP contribution in [0.25, 0.3) is 0 Å². The zero-order valence-corrected chi connectivity index (χ0v) is 38.8. The van der Waals surface area contributed by atoms with Crippen molar-refractivity contribution in [3.8, 4) is 0 Å². The number of aliphatic hydroxyl groups is 3. The molecule has 6 aliphatic heterocycles. The molecule has 6 fully saturated rings. The lowest BCUT2D eigenvalue weighted by molar-refractivity contribution is -0.378. The molecule has 14 heteroatoms. The SMILES string of the molecule is COC1CCC(OC2CC3(CC(O)C(C)C(C(C)C=C(C)C(=O)C(C)CC(C)C(=O)O)O3)OC2(C)C2CCC(C)C3(OC(C4OC(O)(CO)C(C)CC4C)CC3C)O2)OC1C. The van der Waals surface area contributed by atoms with Gasteiger partial charge in [-0.25, -0.2) is 0 Å². The number of Topliss-reactive ketones (excluding diaryl/α,β-unsaturated/α-hetero) is 1. The zero-order chi connectivity index (χ0) is 45.0. The number of ketones is 1. The Bertz CT molecular complexity index is 1570. The Hall–Kier alpha value is -1.56. The van der Waals surface area contributed by atoms with Gasteiger partial charge in [0.2, 0.25) is 0 Å². The quantitative estimate of drug-likeness (QED) is 0.154. The fourth-order valence-corrected chi connectivity index (χ4v) is 11.8. The van der Waals surface area contributed by atoms with Gasteiger partial charge in [-0.2, -0.15) is 0 Å². The minimum atomic E-state index is -1.65. The third-order valence-corrected chi connectivity index (χ3v) is 15.8. The summed E-state index contributed by atoms with van der Waals surface area (Å²) in [5, 5.41) is 42.6. The first kappa shape index (κ1) is 48.9. The lowest BCUT2D eigenvalue weighted by Gasteiger charge is -2.52. The van der Waals surface area contributed by atoms with Crippen LogP contribution in [0.4, 0.5) is 0 Å². The van der Waals surface area contributed by atoms with E-state index in [0.717, 1.165) is 12.8 Å². The Kier molecular flexibility index (Phi) is 15.0. The molecule has 6 heterocycles. The Balaban J connectivity index is 1.27. The lowest BCUT2D eigenvalue weighted by Crippen LogP contribution is -2.61. The summed E-state index contributed by atoms with van der Waals surface area (Å²) in [6, 6.07) is 0. The normalized spacial score (nSPS) is 48.6.